The maximum Gasteiger partial charge on any atom is 0.106 e. The highest BCUT2D eigenvalue weighted by Crippen LogP contribution is 2.21. The van der Waals surface area contributed by atoms with Gasteiger partial charge < -0.3 is 15.2 Å². The lowest BCUT2D eigenvalue weighted by Crippen LogP contribution is -2.22. The van der Waals surface area contributed by atoms with Gasteiger partial charge in [0.1, 0.15) is 6.10 Å². The van der Waals surface area contributed by atoms with Gasteiger partial charge in [-0.1, -0.05) is 24.3 Å². The molecule has 2 N–H and O–H groups in total. The number of nitrogens with two attached hydrogens (primary N) is 1. The molecule has 76 valence electrons. The van der Waals surface area contributed by atoms with E-state index in [4.69, 9.17) is 15.2 Å². The molecule has 1 atom stereocenters. The van der Waals surface area contributed by atoms with Crippen LogP contribution in [-0.4, -0.2) is 19.8 Å². The smallest absolute Gasteiger partial charge is 0.106 e. The standard InChI is InChI=1S/C11H15NO2/c12-7-9-2-1-3-10(6-9)11-8-13-4-5-14-11/h1-3,6,11H,4-5,7-8,12H2. The largest absolute Gasteiger partial charge is 0.376 e. The van der Waals surface area contributed by atoms with Crippen molar-refractivity contribution in [3.05, 3.63) is 35.4 Å². The summed E-state index contributed by atoms with van der Waals surface area (Å²) >= 11 is 0. The summed E-state index contributed by atoms with van der Waals surface area (Å²) in [4.78, 5) is 0. The Morgan fingerprint density at radius 3 is 3.00 bits per heavy atom. The molecule has 1 unspecified atom stereocenters. The lowest BCUT2D eigenvalue weighted by atomic mass is 10.1. The van der Waals surface area contributed by atoms with Crippen molar-refractivity contribution < 1.29 is 9.47 Å². The number of ether oxygens (including phenoxy) is 2. The molecule has 0 bridgehead atoms. The fraction of sp³-hybridized carbons (Fsp3) is 0.455. The third-order valence-corrected chi connectivity index (χ3v) is 2.37. The lowest BCUT2D eigenvalue weighted by molar-refractivity contribution is -0.0901. The van der Waals surface area contributed by atoms with Crippen molar-refractivity contribution in [3.8, 4) is 0 Å². The summed E-state index contributed by atoms with van der Waals surface area (Å²) in [5, 5.41) is 0. The average molecular weight is 193 g/mol. The summed E-state index contributed by atoms with van der Waals surface area (Å²) in [7, 11) is 0. The van der Waals surface area contributed by atoms with Gasteiger partial charge in [0.15, 0.2) is 0 Å². The van der Waals surface area contributed by atoms with Crippen molar-refractivity contribution in [1.29, 1.82) is 0 Å². The van der Waals surface area contributed by atoms with Gasteiger partial charge in [-0.05, 0) is 11.1 Å². The van der Waals surface area contributed by atoms with E-state index in [0.29, 0.717) is 26.4 Å². The number of hydrogen-bond donors (Lipinski definition) is 1. The molecule has 1 saturated heterocycles. The second-order valence-electron chi connectivity index (χ2n) is 3.38. The van der Waals surface area contributed by atoms with E-state index in [1.807, 2.05) is 12.1 Å². The van der Waals surface area contributed by atoms with Crippen LogP contribution in [0.5, 0.6) is 0 Å². The zero-order valence-electron chi connectivity index (χ0n) is 8.11. The Morgan fingerprint density at radius 1 is 1.36 bits per heavy atom. The van der Waals surface area contributed by atoms with E-state index in [2.05, 4.69) is 12.1 Å². The second-order valence-corrected chi connectivity index (χ2v) is 3.38. The van der Waals surface area contributed by atoms with E-state index in [9.17, 15) is 0 Å². The van der Waals surface area contributed by atoms with Crippen molar-refractivity contribution in [2.45, 2.75) is 12.6 Å². The Hall–Kier alpha value is -0.900. The minimum Gasteiger partial charge on any atom is -0.376 e. The van der Waals surface area contributed by atoms with Gasteiger partial charge in [-0.3, -0.25) is 0 Å². The van der Waals surface area contributed by atoms with Crippen LogP contribution < -0.4 is 5.73 Å². The van der Waals surface area contributed by atoms with Crippen LogP contribution in [-0.2, 0) is 16.0 Å². The first-order valence-corrected chi connectivity index (χ1v) is 4.88. The summed E-state index contributed by atoms with van der Waals surface area (Å²) in [6.45, 7) is 2.60. The summed E-state index contributed by atoms with van der Waals surface area (Å²) < 4.78 is 11.0. The first-order valence-electron chi connectivity index (χ1n) is 4.88. The highest BCUT2D eigenvalue weighted by Gasteiger charge is 2.16. The minimum atomic E-state index is 0.0789. The molecular formula is C11H15NO2. The molecule has 1 aliphatic heterocycles. The molecule has 3 nitrogen and oxygen atoms in total. The van der Waals surface area contributed by atoms with Crippen LogP contribution in [0.1, 0.15) is 17.2 Å². The molecule has 0 spiro atoms. The summed E-state index contributed by atoms with van der Waals surface area (Å²) in [6.07, 6.45) is 0.0789. The third-order valence-electron chi connectivity index (χ3n) is 2.37. The van der Waals surface area contributed by atoms with Gasteiger partial charge in [0.25, 0.3) is 0 Å². The van der Waals surface area contributed by atoms with E-state index in [1.54, 1.807) is 0 Å². The van der Waals surface area contributed by atoms with Gasteiger partial charge in [-0.15, -0.1) is 0 Å². The number of rotatable bonds is 2. The van der Waals surface area contributed by atoms with E-state index < -0.39 is 0 Å². The van der Waals surface area contributed by atoms with Gasteiger partial charge in [-0.2, -0.15) is 0 Å². The molecule has 0 amide bonds. The molecule has 1 aliphatic rings. The Kier molecular flexibility index (Phi) is 3.14. The molecule has 2 rings (SSSR count). The molecule has 1 aromatic rings. The average Bonchev–Trinajstić information content (AvgIpc) is 2.30. The van der Waals surface area contributed by atoms with E-state index in [1.165, 1.54) is 0 Å². The van der Waals surface area contributed by atoms with Crippen LogP contribution in [0.2, 0.25) is 0 Å². The summed E-state index contributed by atoms with van der Waals surface area (Å²) in [6, 6.07) is 8.17. The van der Waals surface area contributed by atoms with Crippen LogP contribution in [0, 0.1) is 0 Å². The predicted molar refractivity (Wildman–Crippen MR) is 53.8 cm³/mol. The van der Waals surface area contributed by atoms with Crippen molar-refractivity contribution in [3.63, 3.8) is 0 Å². The van der Waals surface area contributed by atoms with Crippen LogP contribution in [0.25, 0.3) is 0 Å². The molecule has 0 aromatic heterocycles. The predicted octanol–water partition coefficient (Wildman–Crippen LogP) is 1.23. The maximum absolute atomic E-state index is 5.60. The molecule has 14 heavy (non-hydrogen) atoms. The Bertz CT molecular complexity index is 295. The first-order chi connectivity index (χ1) is 6.90. The fourth-order valence-corrected chi connectivity index (χ4v) is 1.60. The molecular weight excluding hydrogens is 178 g/mol. The maximum atomic E-state index is 5.60. The number of benzene rings is 1. The zero-order chi connectivity index (χ0) is 9.80. The van der Waals surface area contributed by atoms with Crippen molar-refractivity contribution in [1.82, 2.24) is 0 Å². The zero-order valence-corrected chi connectivity index (χ0v) is 8.11. The Morgan fingerprint density at radius 2 is 2.29 bits per heavy atom. The quantitative estimate of drug-likeness (QED) is 0.768. The first kappa shape index (κ1) is 9.65. The minimum absolute atomic E-state index is 0.0789. The van der Waals surface area contributed by atoms with Gasteiger partial charge in [0, 0.05) is 6.54 Å². The topological polar surface area (TPSA) is 44.5 Å². The molecule has 1 aromatic carbocycles. The number of hydrogen-bond acceptors (Lipinski definition) is 3. The molecule has 0 saturated carbocycles. The Labute approximate surface area is 83.8 Å². The lowest BCUT2D eigenvalue weighted by Gasteiger charge is -2.23. The van der Waals surface area contributed by atoms with E-state index in [0.717, 1.165) is 11.1 Å². The van der Waals surface area contributed by atoms with Crippen LogP contribution in [0.3, 0.4) is 0 Å². The fourth-order valence-electron chi connectivity index (χ4n) is 1.60. The van der Waals surface area contributed by atoms with Gasteiger partial charge in [0.2, 0.25) is 0 Å². The van der Waals surface area contributed by atoms with Gasteiger partial charge >= 0.3 is 0 Å². The van der Waals surface area contributed by atoms with Gasteiger partial charge in [0.05, 0.1) is 19.8 Å². The monoisotopic (exact) mass is 193 g/mol. The molecule has 1 heterocycles. The summed E-state index contributed by atoms with van der Waals surface area (Å²) in [5.74, 6) is 0. The van der Waals surface area contributed by atoms with Gasteiger partial charge in [-0.25, -0.2) is 0 Å². The third kappa shape index (κ3) is 2.12. The van der Waals surface area contributed by atoms with E-state index in [-0.39, 0.29) is 6.10 Å². The van der Waals surface area contributed by atoms with Crippen LogP contribution in [0.15, 0.2) is 24.3 Å². The SMILES string of the molecule is NCc1cccc(C2COCCO2)c1. The molecule has 0 aliphatic carbocycles. The molecule has 1 fully saturated rings. The van der Waals surface area contributed by atoms with E-state index >= 15 is 0 Å². The molecule has 0 radical (unpaired) electrons. The second kappa shape index (κ2) is 4.55. The highest BCUT2D eigenvalue weighted by molar-refractivity contribution is 5.25. The Balaban J connectivity index is 2.13. The van der Waals surface area contributed by atoms with Crippen LogP contribution in [0.4, 0.5) is 0 Å². The van der Waals surface area contributed by atoms with Crippen LogP contribution >= 0.6 is 0 Å². The van der Waals surface area contributed by atoms with Crippen molar-refractivity contribution in [2.75, 3.05) is 19.8 Å². The highest BCUT2D eigenvalue weighted by atomic mass is 16.6. The normalized spacial score (nSPS) is 22.2. The van der Waals surface area contributed by atoms with Crippen molar-refractivity contribution >= 4 is 0 Å². The molecule has 3 heteroatoms. The summed E-state index contributed by atoms with van der Waals surface area (Å²) in [5.41, 5.74) is 7.87. The van der Waals surface area contributed by atoms with Crippen molar-refractivity contribution in [2.24, 2.45) is 5.73 Å².